The van der Waals surface area contributed by atoms with Crippen LogP contribution in [0.2, 0.25) is 0 Å². The molecule has 0 spiro atoms. The SMILES string of the molecule is C=Cc1ccccc1OCC(N)CCCCC. The van der Waals surface area contributed by atoms with Gasteiger partial charge in [0.1, 0.15) is 12.4 Å². The molecule has 0 saturated heterocycles. The zero-order valence-electron chi connectivity index (χ0n) is 10.7. The molecular formula is C15H23NO. The van der Waals surface area contributed by atoms with Crippen LogP contribution in [0.1, 0.15) is 38.2 Å². The Hall–Kier alpha value is -1.28. The minimum absolute atomic E-state index is 0.124. The second-order valence-corrected chi connectivity index (χ2v) is 4.31. The van der Waals surface area contributed by atoms with Gasteiger partial charge in [-0.3, -0.25) is 0 Å². The van der Waals surface area contributed by atoms with Crippen LogP contribution in [0.15, 0.2) is 30.8 Å². The van der Waals surface area contributed by atoms with Gasteiger partial charge in [0.05, 0.1) is 0 Å². The van der Waals surface area contributed by atoms with Crippen LogP contribution in [0.3, 0.4) is 0 Å². The highest BCUT2D eigenvalue weighted by Crippen LogP contribution is 2.19. The van der Waals surface area contributed by atoms with Gasteiger partial charge in [0.15, 0.2) is 0 Å². The zero-order chi connectivity index (χ0) is 12.5. The summed E-state index contributed by atoms with van der Waals surface area (Å²) in [6.45, 7) is 6.54. The fraction of sp³-hybridized carbons (Fsp3) is 0.467. The largest absolute Gasteiger partial charge is 0.491 e. The Kier molecular flexibility index (Phi) is 6.41. The van der Waals surface area contributed by atoms with Crippen molar-refractivity contribution in [3.05, 3.63) is 36.4 Å². The van der Waals surface area contributed by atoms with Crippen molar-refractivity contribution in [2.75, 3.05) is 6.61 Å². The van der Waals surface area contributed by atoms with E-state index in [9.17, 15) is 0 Å². The molecule has 1 aromatic rings. The Morgan fingerprint density at radius 3 is 2.82 bits per heavy atom. The third-order valence-electron chi connectivity index (χ3n) is 2.77. The quantitative estimate of drug-likeness (QED) is 0.696. The van der Waals surface area contributed by atoms with Crippen LogP contribution in [0.5, 0.6) is 5.75 Å². The summed E-state index contributed by atoms with van der Waals surface area (Å²) in [6, 6.07) is 8.01. The monoisotopic (exact) mass is 233 g/mol. The smallest absolute Gasteiger partial charge is 0.126 e. The van der Waals surface area contributed by atoms with Crippen molar-refractivity contribution in [3.63, 3.8) is 0 Å². The molecule has 0 heterocycles. The summed E-state index contributed by atoms with van der Waals surface area (Å²) in [6.07, 6.45) is 6.50. The van der Waals surface area contributed by atoms with E-state index in [0.717, 1.165) is 17.7 Å². The summed E-state index contributed by atoms with van der Waals surface area (Å²) in [4.78, 5) is 0. The maximum absolute atomic E-state index is 6.00. The van der Waals surface area contributed by atoms with Crippen molar-refractivity contribution in [2.45, 2.75) is 38.6 Å². The Bertz CT molecular complexity index is 335. The summed E-state index contributed by atoms with van der Waals surface area (Å²) in [5.74, 6) is 0.869. The Morgan fingerprint density at radius 1 is 1.35 bits per heavy atom. The highest BCUT2D eigenvalue weighted by molar-refractivity contribution is 5.55. The molecule has 0 amide bonds. The molecule has 17 heavy (non-hydrogen) atoms. The van der Waals surface area contributed by atoms with Crippen LogP contribution in [0.4, 0.5) is 0 Å². The summed E-state index contributed by atoms with van der Waals surface area (Å²) < 4.78 is 5.72. The molecule has 94 valence electrons. The van der Waals surface area contributed by atoms with Gasteiger partial charge in [-0.2, -0.15) is 0 Å². The second kappa shape index (κ2) is 7.91. The lowest BCUT2D eigenvalue weighted by Crippen LogP contribution is -2.27. The first-order chi connectivity index (χ1) is 8.27. The highest BCUT2D eigenvalue weighted by atomic mass is 16.5. The topological polar surface area (TPSA) is 35.2 Å². The molecule has 0 bridgehead atoms. The van der Waals surface area contributed by atoms with Crippen LogP contribution in [0, 0.1) is 0 Å². The average molecular weight is 233 g/mol. The molecule has 2 heteroatoms. The minimum atomic E-state index is 0.124. The fourth-order valence-corrected chi connectivity index (χ4v) is 1.72. The number of hydrogen-bond donors (Lipinski definition) is 1. The maximum Gasteiger partial charge on any atom is 0.126 e. The summed E-state index contributed by atoms with van der Waals surface area (Å²) in [5.41, 5.74) is 7.02. The molecular weight excluding hydrogens is 210 g/mol. The summed E-state index contributed by atoms with van der Waals surface area (Å²) in [7, 11) is 0. The lowest BCUT2D eigenvalue weighted by molar-refractivity contribution is 0.279. The van der Waals surface area contributed by atoms with Crippen LogP contribution < -0.4 is 10.5 Å². The Labute approximate surface area is 104 Å². The van der Waals surface area contributed by atoms with E-state index in [1.165, 1.54) is 19.3 Å². The number of rotatable bonds is 8. The van der Waals surface area contributed by atoms with E-state index in [0.29, 0.717) is 6.61 Å². The van der Waals surface area contributed by atoms with Crippen molar-refractivity contribution in [1.82, 2.24) is 0 Å². The molecule has 0 aliphatic heterocycles. The Morgan fingerprint density at radius 2 is 2.12 bits per heavy atom. The third kappa shape index (κ3) is 5.05. The number of unbranched alkanes of at least 4 members (excludes halogenated alkanes) is 2. The second-order valence-electron chi connectivity index (χ2n) is 4.31. The van der Waals surface area contributed by atoms with Gasteiger partial charge >= 0.3 is 0 Å². The van der Waals surface area contributed by atoms with Crippen LogP contribution >= 0.6 is 0 Å². The van der Waals surface area contributed by atoms with Gasteiger partial charge in [-0.1, -0.05) is 57.0 Å². The van der Waals surface area contributed by atoms with Crippen LogP contribution in [-0.2, 0) is 0 Å². The average Bonchev–Trinajstić information content (AvgIpc) is 2.37. The number of nitrogens with two attached hydrogens (primary N) is 1. The van der Waals surface area contributed by atoms with E-state index in [1.54, 1.807) is 6.08 Å². The molecule has 0 aromatic heterocycles. The lowest BCUT2D eigenvalue weighted by Gasteiger charge is -2.14. The molecule has 2 nitrogen and oxygen atoms in total. The van der Waals surface area contributed by atoms with Crippen LogP contribution in [-0.4, -0.2) is 12.6 Å². The van der Waals surface area contributed by atoms with Crippen molar-refractivity contribution in [1.29, 1.82) is 0 Å². The molecule has 1 unspecified atom stereocenters. The highest BCUT2D eigenvalue weighted by Gasteiger charge is 2.05. The molecule has 0 radical (unpaired) electrons. The van der Waals surface area contributed by atoms with Gasteiger partial charge in [0.25, 0.3) is 0 Å². The first-order valence-electron chi connectivity index (χ1n) is 6.37. The van der Waals surface area contributed by atoms with Crippen LogP contribution in [0.25, 0.3) is 6.08 Å². The van der Waals surface area contributed by atoms with E-state index in [4.69, 9.17) is 10.5 Å². The molecule has 0 aliphatic carbocycles. The molecule has 1 aromatic carbocycles. The summed E-state index contributed by atoms with van der Waals surface area (Å²) >= 11 is 0. The predicted octanol–water partition coefficient (Wildman–Crippen LogP) is 3.62. The van der Waals surface area contributed by atoms with Crippen molar-refractivity contribution >= 4 is 6.08 Å². The number of para-hydroxylation sites is 1. The summed E-state index contributed by atoms with van der Waals surface area (Å²) in [5, 5.41) is 0. The minimum Gasteiger partial charge on any atom is -0.491 e. The molecule has 0 aliphatic rings. The van der Waals surface area contributed by atoms with E-state index >= 15 is 0 Å². The number of benzene rings is 1. The zero-order valence-corrected chi connectivity index (χ0v) is 10.7. The predicted molar refractivity (Wildman–Crippen MR) is 74.1 cm³/mol. The van der Waals surface area contributed by atoms with Crippen molar-refractivity contribution in [2.24, 2.45) is 5.73 Å². The van der Waals surface area contributed by atoms with E-state index in [1.807, 2.05) is 24.3 Å². The molecule has 1 rings (SSSR count). The van der Waals surface area contributed by atoms with Gasteiger partial charge in [0, 0.05) is 11.6 Å². The maximum atomic E-state index is 6.00. The normalized spacial score (nSPS) is 12.1. The van der Waals surface area contributed by atoms with Crippen molar-refractivity contribution < 1.29 is 4.74 Å². The number of hydrogen-bond acceptors (Lipinski definition) is 2. The molecule has 1 atom stereocenters. The van der Waals surface area contributed by atoms with Gasteiger partial charge < -0.3 is 10.5 Å². The van der Waals surface area contributed by atoms with Gasteiger partial charge in [-0.05, 0) is 12.5 Å². The fourth-order valence-electron chi connectivity index (χ4n) is 1.72. The van der Waals surface area contributed by atoms with E-state index in [-0.39, 0.29) is 6.04 Å². The van der Waals surface area contributed by atoms with Crippen molar-refractivity contribution in [3.8, 4) is 5.75 Å². The number of ether oxygens (including phenoxy) is 1. The first kappa shape index (κ1) is 13.8. The third-order valence-corrected chi connectivity index (χ3v) is 2.77. The van der Waals surface area contributed by atoms with Gasteiger partial charge in [-0.25, -0.2) is 0 Å². The molecule has 2 N–H and O–H groups in total. The van der Waals surface area contributed by atoms with Gasteiger partial charge in [0.2, 0.25) is 0 Å². The molecule has 0 fully saturated rings. The molecule has 0 saturated carbocycles. The standard InChI is InChI=1S/C15H23NO/c1-3-5-6-10-14(16)12-17-15-11-8-7-9-13(15)4-2/h4,7-9,11,14H,2-3,5-6,10,12,16H2,1H3. The lowest BCUT2D eigenvalue weighted by atomic mass is 10.1. The Balaban J connectivity index is 2.36. The van der Waals surface area contributed by atoms with E-state index in [2.05, 4.69) is 13.5 Å². The first-order valence-corrected chi connectivity index (χ1v) is 6.37. The van der Waals surface area contributed by atoms with E-state index < -0.39 is 0 Å². The van der Waals surface area contributed by atoms with Gasteiger partial charge in [-0.15, -0.1) is 0 Å².